The number of carbonyl (C=O) groups is 1. The number of nitrogens with zero attached hydrogens (tertiary/aromatic N) is 2. The molecule has 1 aliphatic heterocycles. The van der Waals surface area contributed by atoms with Crippen LogP contribution >= 0.6 is 0 Å². The Morgan fingerprint density at radius 2 is 2.40 bits per heavy atom. The van der Waals surface area contributed by atoms with E-state index in [4.69, 9.17) is 0 Å². The Kier molecular flexibility index (Phi) is 2.97. The van der Waals surface area contributed by atoms with Crippen LogP contribution in [0.1, 0.15) is 5.69 Å². The molecular formula is C11H15N3O. The predicted octanol–water partition coefficient (Wildman–Crippen LogP) is 0.259. The molecule has 0 unspecified atom stereocenters. The van der Waals surface area contributed by atoms with Crippen molar-refractivity contribution in [2.45, 2.75) is 6.54 Å². The summed E-state index contributed by atoms with van der Waals surface area (Å²) in [6.45, 7) is 2.22. The van der Waals surface area contributed by atoms with Crippen LogP contribution in [0.25, 0.3) is 0 Å². The maximum atomic E-state index is 11.8. The predicted molar refractivity (Wildman–Crippen MR) is 57.1 cm³/mol. The van der Waals surface area contributed by atoms with Crippen molar-refractivity contribution in [1.29, 1.82) is 0 Å². The lowest BCUT2D eigenvalue weighted by atomic mass is 10.0. The highest BCUT2D eigenvalue weighted by molar-refractivity contribution is 5.79. The van der Waals surface area contributed by atoms with Crippen LogP contribution < -0.4 is 5.32 Å². The summed E-state index contributed by atoms with van der Waals surface area (Å²) in [5.74, 6) is 0.373. The molecule has 0 spiro atoms. The zero-order chi connectivity index (χ0) is 10.7. The summed E-state index contributed by atoms with van der Waals surface area (Å²) < 4.78 is 0. The molecule has 1 amide bonds. The van der Waals surface area contributed by atoms with E-state index in [0.717, 1.165) is 18.8 Å². The smallest absolute Gasteiger partial charge is 0.228 e. The Morgan fingerprint density at radius 3 is 2.93 bits per heavy atom. The lowest BCUT2D eigenvalue weighted by Crippen LogP contribution is -2.51. The van der Waals surface area contributed by atoms with E-state index in [2.05, 4.69) is 10.3 Å². The van der Waals surface area contributed by atoms with Crippen molar-refractivity contribution in [3.63, 3.8) is 0 Å². The third-order valence-corrected chi connectivity index (χ3v) is 2.63. The number of pyridine rings is 1. The van der Waals surface area contributed by atoms with E-state index in [0.29, 0.717) is 6.54 Å². The van der Waals surface area contributed by atoms with E-state index in [1.807, 2.05) is 25.2 Å². The number of rotatable bonds is 3. The van der Waals surface area contributed by atoms with E-state index in [-0.39, 0.29) is 11.8 Å². The molecule has 0 aromatic carbocycles. The summed E-state index contributed by atoms with van der Waals surface area (Å²) in [5, 5.41) is 3.10. The number of amides is 1. The van der Waals surface area contributed by atoms with E-state index >= 15 is 0 Å². The normalized spacial score (nSPS) is 15.8. The molecule has 0 saturated carbocycles. The largest absolute Gasteiger partial charge is 0.340 e. The van der Waals surface area contributed by atoms with Crippen molar-refractivity contribution in [2.75, 3.05) is 20.1 Å². The summed E-state index contributed by atoms with van der Waals surface area (Å²) in [6, 6.07) is 5.75. The molecule has 4 heteroatoms. The third kappa shape index (κ3) is 2.33. The number of hydrogen-bond acceptors (Lipinski definition) is 3. The highest BCUT2D eigenvalue weighted by Gasteiger charge is 2.27. The fourth-order valence-corrected chi connectivity index (χ4v) is 1.59. The van der Waals surface area contributed by atoms with Gasteiger partial charge in [-0.05, 0) is 12.1 Å². The lowest BCUT2D eigenvalue weighted by molar-refractivity contribution is -0.136. The van der Waals surface area contributed by atoms with Crippen LogP contribution in [0.15, 0.2) is 24.4 Å². The fourth-order valence-electron chi connectivity index (χ4n) is 1.59. The van der Waals surface area contributed by atoms with Crippen molar-refractivity contribution >= 4 is 5.91 Å². The lowest BCUT2D eigenvalue weighted by Gasteiger charge is -2.30. The Hall–Kier alpha value is -1.42. The van der Waals surface area contributed by atoms with Gasteiger partial charge in [0.15, 0.2) is 0 Å². The fraction of sp³-hybridized carbons (Fsp3) is 0.455. The second-order valence-corrected chi connectivity index (χ2v) is 3.87. The van der Waals surface area contributed by atoms with Crippen LogP contribution in [-0.2, 0) is 11.3 Å². The number of carbonyl (C=O) groups excluding carboxylic acids is 1. The topological polar surface area (TPSA) is 45.2 Å². The van der Waals surface area contributed by atoms with Crippen LogP contribution in [0.3, 0.4) is 0 Å². The van der Waals surface area contributed by atoms with Crippen molar-refractivity contribution < 1.29 is 4.79 Å². The van der Waals surface area contributed by atoms with Gasteiger partial charge in [-0.2, -0.15) is 0 Å². The second-order valence-electron chi connectivity index (χ2n) is 3.87. The zero-order valence-corrected chi connectivity index (χ0v) is 8.81. The third-order valence-electron chi connectivity index (χ3n) is 2.63. The van der Waals surface area contributed by atoms with Gasteiger partial charge < -0.3 is 10.2 Å². The molecule has 2 rings (SSSR count). The molecule has 80 valence electrons. The minimum absolute atomic E-state index is 0.165. The average molecular weight is 205 g/mol. The quantitative estimate of drug-likeness (QED) is 0.770. The highest BCUT2D eigenvalue weighted by atomic mass is 16.2. The van der Waals surface area contributed by atoms with Crippen molar-refractivity contribution in [2.24, 2.45) is 5.92 Å². The Balaban J connectivity index is 1.91. The molecule has 1 saturated heterocycles. The maximum Gasteiger partial charge on any atom is 0.228 e. The Morgan fingerprint density at radius 1 is 1.60 bits per heavy atom. The average Bonchev–Trinajstić information content (AvgIpc) is 2.16. The van der Waals surface area contributed by atoms with Gasteiger partial charge in [0.2, 0.25) is 5.91 Å². The van der Waals surface area contributed by atoms with E-state index < -0.39 is 0 Å². The molecule has 1 aromatic rings. The summed E-state index contributed by atoms with van der Waals surface area (Å²) in [5.41, 5.74) is 0.931. The molecule has 0 radical (unpaired) electrons. The van der Waals surface area contributed by atoms with Gasteiger partial charge in [-0.15, -0.1) is 0 Å². The van der Waals surface area contributed by atoms with E-state index in [1.54, 1.807) is 11.1 Å². The summed E-state index contributed by atoms with van der Waals surface area (Å²) in [4.78, 5) is 17.7. The van der Waals surface area contributed by atoms with Crippen molar-refractivity contribution in [3.8, 4) is 0 Å². The highest BCUT2D eigenvalue weighted by Crippen LogP contribution is 2.09. The first-order chi connectivity index (χ1) is 7.27. The van der Waals surface area contributed by atoms with Gasteiger partial charge in [-0.25, -0.2) is 0 Å². The van der Waals surface area contributed by atoms with Crippen molar-refractivity contribution in [1.82, 2.24) is 15.2 Å². The molecule has 0 aliphatic carbocycles. The summed E-state index contributed by atoms with van der Waals surface area (Å²) in [7, 11) is 1.83. The molecule has 1 aromatic heterocycles. The molecule has 2 heterocycles. The van der Waals surface area contributed by atoms with Gasteiger partial charge in [0.1, 0.15) is 0 Å². The first-order valence-electron chi connectivity index (χ1n) is 5.13. The molecule has 0 bridgehead atoms. The van der Waals surface area contributed by atoms with E-state index in [1.165, 1.54) is 0 Å². The van der Waals surface area contributed by atoms with Crippen molar-refractivity contribution in [3.05, 3.63) is 30.1 Å². The van der Waals surface area contributed by atoms with Crippen LogP contribution in [0.2, 0.25) is 0 Å². The zero-order valence-electron chi connectivity index (χ0n) is 8.81. The van der Waals surface area contributed by atoms with Crippen LogP contribution in [0, 0.1) is 5.92 Å². The Bertz CT molecular complexity index is 335. The van der Waals surface area contributed by atoms with Gasteiger partial charge in [0.05, 0.1) is 18.2 Å². The monoisotopic (exact) mass is 205 g/mol. The molecule has 0 atom stereocenters. The second kappa shape index (κ2) is 4.40. The molecule has 4 nitrogen and oxygen atoms in total. The Labute approximate surface area is 89.3 Å². The SMILES string of the molecule is CN(Cc1ccccn1)C(=O)C1CNC1. The maximum absolute atomic E-state index is 11.8. The summed E-state index contributed by atoms with van der Waals surface area (Å²) in [6.07, 6.45) is 1.75. The standard InChI is InChI=1S/C11H15N3O/c1-14(11(15)9-6-12-7-9)8-10-4-2-3-5-13-10/h2-5,9,12H,6-8H2,1H3. The number of nitrogens with one attached hydrogen (secondary N) is 1. The summed E-state index contributed by atoms with van der Waals surface area (Å²) >= 11 is 0. The van der Waals surface area contributed by atoms with Gasteiger partial charge in [-0.1, -0.05) is 6.07 Å². The molecule has 15 heavy (non-hydrogen) atoms. The van der Waals surface area contributed by atoms with Gasteiger partial charge in [-0.3, -0.25) is 9.78 Å². The number of hydrogen-bond donors (Lipinski definition) is 1. The van der Waals surface area contributed by atoms with Crippen LogP contribution in [-0.4, -0.2) is 35.9 Å². The van der Waals surface area contributed by atoms with Crippen LogP contribution in [0.4, 0.5) is 0 Å². The van der Waals surface area contributed by atoms with E-state index in [9.17, 15) is 4.79 Å². The van der Waals surface area contributed by atoms with Crippen LogP contribution in [0.5, 0.6) is 0 Å². The van der Waals surface area contributed by atoms with Gasteiger partial charge in [0, 0.05) is 26.3 Å². The number of aromatic nitrogens is 1. The minimum atomic E-state index is 0.165. The minimum Gasteiger partial charge on any atom is -0.340 e. The van der Waals surface area contributed by atoms with Gasteiger partial charge in [0.25, 0.3) is 0 Å². The molecule has 1 aliphatic rings. The molecule has 1 fully saturated rings. The molecular weight excluding hydrogens is 190 g/mol. The van der Waals surface area contributed by atoms with Gasteiger partial charge >= 0.3 is 0 Å². The molecule has 1 N–H and O–H groups in total. The first kappa shape index (κ1) is 10.1. The first-order valence-corrected chi connectivity index (χ1v) is 5.13.